The number of carbonyl (C=O) groups is 6. The third-order valence-corrected chi connectivity index (χ3v) is 23.7. The zero-order valence-electron chi connectivity index (χ0n) is 72.2. The van der Waals surface area contributed by atoms with E-state index in [1.54, 1.807) is 69.2 Å². The van der Waals surface area contributed by atoms with Crippen LogP contribution in [-0.4, -0.2) is 127 Å². The maximum Gasteiger partial charge on any atom is 0.364 e. The number of carbonyl (C=O) groups excluding carboxylic acids is 5. The molecule has 26 heteroatoms. The van der Waals surface area contributed by atoms with Crippen LogP contribution in [0, 0.1) is 31.1 Å². The molecule has 1 amide bonds. The summed E-state index contributed by atoms with van der Waals surface area (Å²) in [4.78, 5) is 73.3. The Morgan fingerprint density at radius 2 is 0.722 bits per heavy atom. The largest absolute Gasteiger partial charge is 0.481 e. The molecule has 0 fully saturated rings. The molecule has 2 aliphatic rings. The normalized spacial score (nSPS) is 13.4. The fourth-order valence-corrected chi connectivity index (χ4v) is 17.0. The number of nitrogens with one attached hydrogen (secondary N) is 1. The van der Waals surface area contributed by atoms with Gasteiger partial charge in [0.2, 0.25) is 17.7 Å². The maximum absolute atomic E-state index is 14.4. The topological polar surface area (TPSA) is 269 Å². The Morgan fingerprint density at radius 3 is 1.02 bits per heavy atom. The van der Waals surface area contributed by atoms with Gasteiger partial charge in [0.15, 0.2) is 0 Å². The smallest absolute Gasteiger partial charge is 0.364 e. The number of benzene rings is 4. The molecule has 0 spiro atoms. The van der Waals surface area contributed by atoms with E-state index in [2.05, 4.69) is 53.8 Å². The molecule has 0 aromatic heterocycles. The van der Waals surface area contributed by atoms with Gasteiger partial charge in [-0.15, -0.1) is 12.4 Å². The van der Waals surface area contributed by atoms with Gasteiger partial charge in [0.05, 0.1) is 34.8 Å². The number of rotatable bonds is 55. The molecule has 6 rings (SSSR count). The number of amides is 1. The minimum absolute atomic E-state index is 0. The van der Waals surface area contributed by atoms with Crippen molar-refractivity contribution >= 4 is 71.7 Å². The first kappa shape index (κ1) is 106. The number of nitrogens with two attached hydrogens (primary N) is 1. The number of halogens is 3. The van der Waals surface area contributed by atoms with Crippen LogP contribution in [0.25, 0.3) is 22.3 Å². The van der Waals surface area contributed by atoms with Gasteiger partial charge in [-0.25, -0.2) is 13.6 Å². The van der Waals surface area contributed by atoms with Crippen LogP contribution >= 0.6 is 27.6 Å². The maximum atomic E-state index is 14.4. The van der Waals surface area contributed by atoms with Crippen molar-refractivity contribution in [3.8, 4) is 22.3 Å². The number of hydrogen-bond donors (Lipinski definition) is 3. The van der Waals surface area contributed by atoms with Crippen LogP contribution in [-0.2, 0) is 74.9 Å². The SMILES string of the molecule is C.CC(C)(C)OC(=O)C(N)CCC(=O)OCC1c2ccccc2-c2ccccc21.CCOP(=O)(OCC)C(F)CCCCCCCCCCCCCCCC(=O)NC(CCC(=O)OCC1c2ccccc2-c2ccccc21)C(=O)OC(C)(C)C.CCOP(=O)(OCC)C(F)CCCCCCCCCCCCCCCC(=O)O.Cl.[3H][B][3H].[U]. The van der Waals surface area contributed by atoms with Crippen LogP contribution in [0.5, 0.6) is 0 Å². The molecule has 2 aliphatic carbocycles. The summed E-state index contributed by atoms with van der Waals surface area (Å²) in [6, 6.07) is 30.9. The van der Waals surface area contributed by atoms with Crippen molar-refractivity contribution in [1.29, 1.82) is 2.67 Å². The number of hydrogen-bond acceptors (Lipinski definition) is 17. The van der Waals surface area contributed by atoms with Gasteiger partial charge in [0.25, 0.3) is 0 Å². The summed E-state index contributed by atoms with van der Waals surface area (Å²) in [5.74, 6) is -5.84. The minimum atomic E-state index is -3.65. The molecule has 4 aromatic rings. The molecular weight excluding hydrogens is 1750 g/mol. The number of fused-ring (bicyclic) bond motifs is 6. The number of carboxylic acid groups (broad SMARTS) is 1. The number of alkyl halides is 2. The fraction of sp³-hybridized carbons (Fsp3) is 0.663. The predicted octanol–water partition coefficient (Wildman–Crippen LogP) is 22.8. The Balaban J connectivity index is 0.00000183. The van der Waals surface area contributed by atoms with E-state index in [0.717, 1.165) is 99.3 Å². The van der Waals surface area contributed by atoms with Crippen molar-refractivity contribution in [3.05, 3.63) is 119 Å². The molecule has 0 aliphatic heterocycles. The molecule has 649 valence electrons. The summed E-state index contributed by atoms with van der Waals surface area (Å²) < 4.78 is 107. The Bertz CT molecular complexity index is 3400. The summed E-state index contributed by atoms with van der Waals surface area (Å²) in [5, 5.41) is 11.4. The van der Waals surface area contributed by atoms with Gasteiger partial charge in [0.1, 0.15) is 36.5 Å². The van der Waals surface area contributed by atoms with Gasteiger partial charge in [-0.1, -0.05) is 246 Å². The Labute approximate surface area is 723 Å². The fourth-order valence-electron chi connectivity index (χ4n) is 13.8. The minimum Gasteiger partial charge on any atom is -0.481 e. The van der Waals surface area contributed by atoms with E-state index in [4.69, 9.17) is 50.6 Å². The molecule has 1 radical (unpaired) electrons. The van der Waals surface area contributed by atoms with E-state index in [-0.39, 0.29) is 153 Å². The van der Waals surface area contributed by atoms with Crippen LogP contribution in [0.4, 0.5) is 8.78 Å². The second-order valence-electron chi connectivity index (χ2n) is 31.0. The molecule has 115 heavy (non-hydrogen) atoms. The van der Waals surface area contributed by atoms with Crippen molar-refractivity contribution in [2.75, 3.05) is 39.6 Å². The van der Waals surface area contributed by atoms with E-state index in [1.807, 2.05) is 48.5 Å². The van der Waals surface area contributed by atoms with Crippen LogP contribution in [0.15, 0.2) is 97.1 Å². The molecule has 19 nitrogen and oxygen atoms in total. The van der Waals surface area contributed by atoms with Crippen LogP contribution < -0.4 is 11.1 Å². The number of ether oxygens (including phenoxy) is 4. The molecule has 0 saturated heterocycles. The molecule has 0 saturated carbocycles. The van der Waals surface area contributed by atoms with Gasteiger partial charge in [-0.2, -0.15) is 0 Å². The second-order valence-corrected chi connectivity index (χ2v) is 35.3. The van der Waals surface area contributed by atoms with Crippen molar-refractivity contribution < 1.29 is 120 Å². The van der Waals surface area contributed by atoms with Gasteiger partial charge in [0, 0.05) is 68.6 Å². The molecule has 4 aromatic carbocycles. The summed E-state index contributed by atoms with van der Waals surface area (Å²) in [6.45, 7) is 18.7. The number of esters is 4. The molecule has 4 unspecified atom stereocenters. The average Bonchev–Trinajstić information content (AvgIpc) is 1.62. The summed E-state index contributed by atoms with van der Waals surface area (Å²) in [7, 11) is -6.74. The first-order chi connectivity index (χ1) is 54.5. The molecular formula is C89H143BClF2N2O17P2U. The van der Waals surface area contributed by atoms with Gasteiger partial charge in [-0.3, -0.25) is 33.1 Å². The monoisotopic (exact) mass is 1900 g/mol. The third-order valence-electron chi connectivity index (χ3n) is 19.4. The predicted molar refractivity (Wildman–Crippen MR) is 460 cm³/mol. The van der Waals surface area contributed by atoms with Gasteiger partial charge >= 0.3 is 45.0 Å². The van der Waals surface area contributed by atoms with E-state index >= 15 is 0 Å². The van der Waals surface area contributed by atoms with E-state index < -0.39 is 74.2 Å². The Hall–Kier alpha value is -4.77. The summed E-state index contributed by atoms with van der Waals surface area (Å²) in [5.41, 5.74) is 13.8. The van der Waals surface area contributed by atoms with Crippen LogP contribution in [0.2, 0.25) is 0 Å². The van der Waals surface area contributed by atoms with E-state index in [1.165, 1.54) is 99.3 Å². The van der Waals surface area contributed by atoms with Gasteiger partial charge < -0.3 is 53.2 Å². The number of carboxylic acids is 1. The van der Waals surface area contributed by atoms with Crippen molar-refractivity contribution in [2.45, 2.75) is 342 Å². The third kappa shape index (κ3) is 43.9. The molecule has 4 N–H and O–H groups in total. The molecule has 0 heterocycles. The zero-order chi connectivity index (χ0) is 84.2. The van der Waals surface area contributed by atoms with E-state index in [0.29, 0.717) is 34.0 Å². The van der Waals surface area contributed by atoms with Crippen LogP contribution in [0.1, 0.15) is 329 Å². The summed E-state index contributed by atoms with van der Waals surface area (Å²) in [6.07, 6.45) is 29.3. The molecule has 4 atom stereocenters. The van der Waals surface area contributed by atoms with Crippen molar-refractivity contribution in [3.63, 3.8) is 0 Å². The quantitative estimate of drug-likeness (QED) is 0.0122. The van der Waals surface area contributed by atoms with Crippen molar-refractivity contribution in [2.24, 2.45) is 5.73 Å². The first-order valence-corrected chi connectivity index (χ1v) is 44.8. The Kier molecular flexibility index (Phi) is 56.9. The standard InChI is InChI=1S/C44H67FNO8P.C23H27NO4.C21H42FO5P.CH4.BH2.ClH.U/c1-6-52-55(50,53-7-2)40(45)29-19-17-15-13-11-9-8-10-12-14-16-18-20-30-41(47)46-39(43(49)54-44(3,4)5)31-32-42(48)51-33-38-36-27-23-21-25-34(36)35-26-22-24-28-37(35)38;1-23(2,3)28-22(26)20(24)12-13-21(25)27-14-19-17-10-6-4-8-15(17)16-9-5-7-11-18(16)19;1-3-26-28(25,27-4-2)20(22)18-16-14-12-10-8-6-5-7-9-11-13-15-17-19-21(23)24;;;;/h21-28,38-40H,6-20,29-33H2,1-5H3,(H,46,47);4-11,19-20H,12-14,24H2,1-3H3;20H,3-19H2,1-2H3,(H,23,24);1H4;1H2;1H;/i;;;;1T2;;. The number of unbranched alkanes of at least 4 members (excludes halogenated alkanes) is 24. The first-order valence-electron chi connectivity index (χ1n) is 42.7. The van der Waals surface area contributed by atoms with Gasteiger partial charge in [-0.05, 0) is 168 Å². The number of aliphatic carboxylic acids is 1. The second kappa shape index (κ2) is 61.5. The summed E-state index contributed by atoms with van der Waals surface area (Å²) >= 11 is 0. The van der Waals surface area contributed by atoms with E-state index in [9.17, 15) is 46.7 Å². The Morgan fingerprint density at radius 1 is 0.452 bits per heavy atom. The average molecular weight is 1900 g/mol. The van der Waals surface area contributed by atoms with Crippen LogP contribution in [0.3, 0.4) is 0 Å². The molecule has 0 bridgehead atoms. The zero-order valence-corrected chi connectivity index (χ0v) is 76.9. The van der Waals surface area contributed by atoms with Crippen molar-refractivity contribution in [1.82, 2.24) is 5.32 Å².